The summed E-state index contributed by atoms with van der Waals surface area (Å²) < 4.78 is 2.11. The molecule has 0 saturated carbocycles. The summed E-state index contributed by atoms with van der Waals surface area (Å²) in [6, 6.07) is 11.4. The highest BCUT2D eigenvalue weighted by Gasteiger charge is 1.97. The van der Waals surface area contributed by atoms with Crippen molar-refractivity contribution < 1.29 is 0 Å². The van der Waals surface area contributed by atoms with Crippen LogP contribution in [-0.2, 0) is 0 Å². The van der Waals surface area contributed by atoms with Gasteiger partial charge >= 0.3 is 0 Å². The average molecular weight is 167 g/mol. The minimum atomic E-state index is 1.08. The molecule has 1 radical (unpaired) electrons. The molecule has 3 aromatic rings. The van der Waals surface area contributed by atoms with E-state index in [0.717, 1.165) is 10.9 Å². The standard InChI is InChI=1S/C11H7N2/c1-2-10-4-3-9-8-12-6-5-11(9)13(10)7-1/h1-4,6-8H. The van der Waals surface area contributed by atoms with Crippen LogP contribution in [0.5, 0.6) is 0 Å². The van der Waals surface area contributed by atoms with E-state index in [2.05, 4.69) is 33.7 Å². The van der Waals surface area contributed by atoms with Crippen LogP contribution in [-0.4, -0.2) is 9.38 Å². The third-order valence-electron chi connectivity index (χ3n) is 2.22. The summed E-state index contributed by atoms with van der Waals surface area (Å²) >= 11 is 0. The first-order chi connectivity index (χ1) is 6.45. The molecule has 0 aliphatic carbocycles. The SMILES string of the molecule is [c]1cncc2ccc3cccn3c12. The molecule has 3 heterocycles. The predicted octanol–water partition coefficient (Wildman–Crippen LogP) is 2.29. The van der Waals surface area contributed by atoms with Gasteiger partial charge < -0.3 is 4.40 Å². The first kappa shape index (κ1) is 6.66. The molecule has 0 atom stereocenters. The minimum Gasteiger partial charge on any atom is -0.316 e. The monoisotopic (exact) mass is 167 g/mol. The Morgan fingerprint density at radius 3 is 3.23 bits per heavy atom. The van der Waals surface area contributed by atoms with Crippen LogP contribution >= 0.6 is 0 Å². The lowest BCUT2D eigenvalue weighted by Crippen LogP contribution is -1.85. The van der Waals surface area contributed by atoms with Gasteiger partial charge in [0.2, 0.25) is 0 Å². The van der Waals surface area contributed by atoms with Crippen LogP contribution in [0.2, 0.25) is 0 Å². The molecule has 61 valence electrons. The Morgan fingerprint density at radius 1 is 1.23 bits per heavy atom. The van der Waals surface area contributed by atoms with Crippen LogP contribution in [0.25, 0.3) is 16.4 Å². The maximum absolute atomic E-state index is 4.04. The Labute approximate surface area is 75.5 Å². The molecule has 2 heteroatoms. The molecule has 0 aliphatic rings. The lowest BCUT2D eigenvalue weighted by molar-refractivity contribution is 1.25. The summed E-state index contributed by atoms with van der Waals surface area (Å²) in [6.07, 6.45) is 5.58. The molecule has 0 amide bonds. The molecule has 0 spiro atoms. The van der Waals surface area contributed by atoms with E-state index in [9.17, 15) is 0 Å². The molecule has 0 fully saturated rings. The van der Waals surface area contributed by atoms with E-state index in [1.165, 1.54) is 5.52 Å². The van der Waals surface area contributed by atoms with Gasteiger partial charge in [0.05, 0.1) is 5.52 Å². The second-order valence-corrected chi connectivity index (χ2v) is 2.99. The van der Waals surface area contributed by atoms with Crippen molar-refractivity contribution in [2.45, 2.75) is 0 Å². The van der Waals surface area contributed by atoms with Crippen molar-refractivity contribution in [2.24, 2.45) is 0 Å². The molecule has 2 nitrogen and oxygen atoms in total. The van der Waals surface area contributed by atoms with Crippen LogP contribution in [0.1, 0.15) is 0 Å². The van der Waals surface area contributed by atoms with Crippen LogP contribution in [0.3, 0.4) is 0 Å². The van der Waals surface area contributed by atoms with Gasteiger partial charge in [-0.15, -0.1) is 0 Å². The number of hydrogen-bond acceptors (Lipinski definition) is 1. The third kappa shape index (κ3) is 0.855. The first-order valence-electron chi connectivity index (χ1n) is 4.17. The first-order valence-corrected chi connectivity index (χ1v) is 4.17. The summed E-state index contributed by atoms with van der Waals surface area (Å²) in [5.41, 5.74) is 2.27. The highest BCUT2D eigenvalue weighted by Crippen LogP contribution is 2.15. The van der Waals surface area contributed by atoms with E-state index in [1.54, 1.807) is 6.20 Å². The smallest absolute Gasteiger partial charge is 0.0638 e. The molecule has 0 N–H and O–H groups in total. The van der Waals surface area contributed by atoms with E-state index in [-0.39, 0.29) is 0 Å². The Hall–Kier alpha value is -1.83. The van der Waals surface area contributed by atoms with Gasteiger partial charge in [0.25, 0.3) is 0 Å². The largest absolute Gasteiger partial charge is 0.316 e. The van der Waals surface area contributed by atoms with E-state index in [0.29, 0.717) is 0 Å². The van der Waals surface area contributed by atoms with Crippen molar-refractivity contribution in [1.82, 2.24) is 9.38 Å². The van der Waals surface area contributed by atoms with E-state index in [1.807, 2.05) is 18.5 Å². The molecule has 3 rings (SSSR count). The fraction of sp³-hybridized carbons (Fsp3) is 0. The number of hydrogen-bond donors (Lipinski definition) is 0. The highest BCUT2D eigenvalue weighted by atomic mass is 14.9. The van der Waals surface area contributed by atoms with Crippen LogP contribution in [0.4, 0.5) is 0 Å². The number of aromatic nitrogens is 2. The number of fused-ring (bicyclic) bond motifs is 3. The van der Waals surface area contributed by atoms with Gasteiger partial charge in [0, 0.05) is 35.6 Å². The Kier molecular flexibility index (Phi) is 1.19. The van der Waals surface area contributed by atoms with Crippen molar-refractivity contribution in [2.75, 3.05) is 0 Å². The van der Waals surface area contributed by atoms with Crippen molar-refractivity contribution in [1.29, 1.82) is 0 Å². The summed E-state index contributed by atoms with van der Waals surface area (Å²) in [5.74, 6) is 0. The van der Waals surface area contributed by atoms with Crippen molar-refractivity contribution in [3.63, 3.8) is 0 Å². The van der Waals surface area contributed by atoms with Gasteiger partial charge in [-0.3, -0.25) is 4.98 Å². The van der Waals surface area contributed by atoms with Crippen LogP contribution in [0.15, 0.2) is 42.9 Å². The summed E-state index contributed by atoms with van der Waals surface area (Å²) in [7, 11) is 0. The zero-order valence-corrected chi connectivity index (χ0v) is 6.94. The maximum Gasteiger partial charge on any atom is 0.0638 e. The average Bonchev–Trinajstić information content (AvgIpc) is 2.65. The molecule has 0 aromatic carbocycles. The summed E-state index contributed by atoms with van der Waals surface area (Å²) in [4.78, 5) is 4.04. The number of nitrogens with zero attached hydrogens (tertiary/aromatic N) is 2. The predicted molar refractivity (Wildman–Crippen MR) is 51.5 cm³/mol. The molecular formula is C11H7N2. The Morgan fingerprint density at radius 2 is 2.23 bits per heavy atom. The molecule has 3 aromatic heterocycles. The second kappa shape index (κ2) is 2.33. The van der Waals surface area contributed by atoms with Gasteiger partial charge in [0.15, 0.2) is 0 Å². The third-order valence-corrected chi connectivity index (χ3v) is 2.22. The number of rotatable bonds is 0. The highest BCUT2D eigenvalue weighted by molar-refractivity contribution is 5.81. The van der Waals surface area contributed by atoms with E-state index >= 15 is 0 Å². The van der Waals surface area contributed by atoms with Crippen molar-refractivity contribution in [3.05, 3.63) is 48.9 Å². The molecular weight excluding hydrogens is 160 g/mol. The summed E-state index contributed by atoms with van der Waals surface area (Å²) in [5, 5.41) is 1.12. The second-order valence-electron chi connectivity index (χ2n) is 2.99. The lowest BCUT2D eigenvalue weighted by atomic mass is 10.2. The summed E-state index contributed by atoms with van der Waals surface area (Å²) in [6.45, 7) is 0. The van der Waals surface area contributed by atoms with Gasteiger partial charge in [-0.1, -0.05) is 0 Å². The van der Waals surface area contributed by atoms with Gasteiger partial charge in [-0.2, -0.15) is 0 Å². The molecule has 0 bridgehead atoms. The number of pyridine rings is 2. The molecule has 0 aliphatic heterocycles. The molecule has 0 saturated heterocycles. The molecule has 0 unspecified atom stereocenters. The van der Waals surface area contributed by atoms with Gasteiger partial charge in [-0.25, -0.2) is 0 Å². The fourth-order valence-electron chi connectivity index (χ4n) is 1.60. The lowest BCUT2D eigenvalue weighted by Gasteiger charge is -2.00. The fourth-order valence-corrected chi connectivity index (χ4v) is 1.60. The van der Waals surface area contributed by atoms with Gasteiger partial charge in [-0.05, 0) is 24.3 Å². The quantitative estimate of drug-likeness (QED) is 0.502. The van der Waals surface area contributed by atoms with E-state index in [4.69, 9.17) is 0 Å². The molecule has 13 heavy (non-hydrogen) atoms. The topological polar surface area (TPSA) is 17.3 Å². The maximum atomic E-state index is 4.04. The van der Waals surface area contributed by atoms with E-state index < -0.39 is 0 Å². The minimum absolute atomic E-state index is 1.08. The Balaban J connectivity index is 2.65. The van der Waals surface area contributed by atoms with Crippen LogP contribution < -0.4 is 0 Å². The van der Waals surface area contributed by atoms with Crippen molar-refractivity contribution in [3.8, 4) is 0 Å². The van der Waals surface area contributed by atoms with Gasteiger partial charge in [0.1, 0.15) is 0 Å². The zero-order chi connectivity index (χ0) is 8.67. The Bertz CT molecular complexity index is 566. The van der Waals surface area contributed by atoms with Crippen molar-refractivity contribution >= 4 is 16.4 Å². The normalized spacial score (nSPS) is 11.1. The zero-order valence-electron chi connectivity index (χ0n) is 6.94. The van der Waals surface area contributed by atoms with Crippen LogP contribution in [0, 0.1) is 6.07 Å².